The lowest BCUT2D eigenvalue weighted by Crippen LogP contribution is -2.03. The monoisotopic (exact) mass is 219 g/mol. The fourth-order valence-corrected chi connectivity index (χ4v) is 2.11. The van der Waals surface area contributed by atoms with E-state index in [1.54, 1.807) is 11.3 Å². The number of benzene rings is 1. The molecule has 3 N–H and O–H groups in total. The summed E-state index contributed by atoms with van der Waals surface area (Å²) in [5.74, 6) is 0. The number of nitrogens with one attached hydrogen (secondary N) is 1. The molecule has 4 heteroatoms. The Morgan fingerprint density at radius 2 is 2.40 bits per heavy atom. The van der Waals surface area contributed by atoms with E-state index in [-0.39, 0.29) is 0 Å². The third-order valence-corrected chi connectivity index (χ3v) is 3.00. The van der Waals surface area contributed by atoms with Gasteiger partial charge in [0.25, 0.3) is 0 Å². The molecule has 0 amide bonds. The van der Waals surface area contributed by atoms with Crippen molar-refractivity contribution in [3.63, 3.8) is 0 Å². The lowest BCUT2D eigenvalue weighted by molar-refractivity contribution is 1.07. The van der Waals surface area contributed by atoms with Crippen LogP contribution in [0.5, 0.6) is 0 Å². The van der Waals surface area contributed by atoms with Crippen LogP contribution >= 0.6 is 11.3 Å². The molecule has 0 radical (unpaired) electrons. The second-order valence-electron chi connectivity index (χ2n) is 3.23. The minimum absolute atomic E-state index is 0.734. The molecule has 2 rings (SSSR count). The van der Waals surface area contributed by atoms with Gasteiger partial charge >= 0.3 is 0 Å². The minimum Gasteiger partial charge on any atom is -0.395 e. The van der Waals surface area contributed by atoms with Crippen molar-refractivity contribution >= 4 is 32.9 Å². The molecule has 3 nitrogen and oxygen atoms in total. The van der Waals surface area contributed by atoms with Crippen molar-refractivity contribution in [2.45, 2.75) is 6.42 Å². The van der Waals surface area contributed by atoms with Gasteiger partial charge in [-0.3, -0.25) is 0 Å². The number of thiazole rings is 1. The number of nitrogens with two attached hydrogens (primary N) is 1. The molecule has 0 atom stereocenters. The van der Waals surface area contributed by atoms with E-state index in [4.69, 9.17) is 5.73 Å². The number of nitrogen functional groups attached to an aromatic ring is 1. The second-order valence-corrected chi connectivity index (χ2v) is 4.12. The minimum atomic E-state index is 0.734. The average molecular weight is 219 g/mol. The van der Waals surface area contributed by atoms with Gasteiger partial charge in [-0.25, -0.2) is 4.98 Å². The molecular formula is C11H13N3S. The Labute approximate surface area is 92.6 Å². The van der Waals surface area contributed by atoms with E-state index in [1.165, 1.54) is 0 Å². The number of hydrogen-bond acceptors (Lipinski definition) is 4. The zero-order chi connectivity index (χ0) is 10.7. The maximum absolute atomic E-state index is 6.00. The Morgan fingerprint density at radius 3 is 3.20 bits per heavy atom. The summed E-state index contributed by atoms with van der Waals surface area (Å²) in [5, 5.41) is 3.26. The molecule has 0 aliphatic carbocycles. The fourth-order valence-electron chi connectivity index (χ4n) is 1.42. The zero-order valence-corrected chi connectivity index (χ0v) is 9.18. The molecule has 0 bridgehead atoms. The van der Waals surface area contributed by atoms with Gasteiger partial charge < -0.3 is 11.1 Å². The molecule has 2 aromatic rings. The van der Waals surface area contributed by atoms with E-state index >= 15 is 0 Å². The number of anilines is 2. The molecule has 0 aliphatic rings. The third kappa shape index (κ3) is 1.94. The van der Waals surface area contributed by atoms with E-state index < -0.39 is 0 Å². The van der Waals surface area contributed by atoms with E-state index in [0.717, 1.165) is 34.6 Å². The summed E-state index contributed by atoms with van der Waals surface area (Å²) in [4.78, 5) is 4.24. The molecule has 1 aromatic carbocycles. The van der Waals surface area contributed by atoms with Crippen molar-refractivity contribution in [3.05, 3.63) is 30.3 Å². The van der Waals surface area contributed by atoms with Crippen LogP contribution in [-0.4, -0.2) is 11.5 Å². The van der Waals surface area contributed by atoms with Gasteiger partial charge in [0.2, 0.25) is 0 Å². The average Bonchev–Trinajstić information content (AvgIpc) is 2.70. The van der Waals surface area contributed by atoms with Gasteiger partial charge in [-0.15, -0.1) is 17.9 Å². The molecule has 0 aliphatic heterocycles. The third-order valence-electron chi connectivity index (χ3n) is 2.21. The Morgan fingerprint density at radius 1 is 1.53 bits per heavy atom. The van der Waals surface area contributed by atoms with Crippen LogP contribution < -0.4 is 11.1 Å². The number of aromatic nitrogens is 1. The smallest absolute Gasteiger partial charge is 0.106 e. The first-order chi connectivity index (χ1) is 7.33. The van der Waals surface area contributed by atoms with Crippen LogP contribution in [-0.2, 0) is 0 Å². The van der Waals surface area contributed by atoms with Crippen molar-refractivity contribution < 1.29 is 0 Å². The lowest BCUT2D eigenvalue weighted by Gasteiger charge is -2.08. The highest BCUT2D eigenvalue weighted by atomic mass is 32.1. The van der Waals surface area contributed by atoms with Gasteiger partial charge in [-0.05, 0) is 18.6 Å². The number of fused-ring (bicyclic) bond motifs is 1. The number of nitrogens with zero attached hydrogens (tertiary/aromatic N) is 1. The van der Waals surface area contributed by atoms with Crippen LogP contribution in [0.4, 0.5) is 11.4 Å². The van der Waals surface area contributed by atoms with Crippen LogP contribution in [0.2, 0.25) is 0 Å². The Kier molecular flexibility index (Phi) is 2.87. The first-order valence-electron chi connectivity index (χ1n) is 4.79. The summed E-state index contributed by atoms with van der Waals surface area (Å²) >= 11 is 1.60. The SMILES string of the molecule is C=CCCNc1ccc2scnc2c1N. The molecule has 15 heavy (non-hydrogen) atoms. The summed E-state index contributed by atoms with van der Waals surface area (Å²) in [6.45, 7) is 4.52. The van der Waals surface area contributed by atoms with Gasteiger partial charge in [0, 0.05) is 6.54 Å². The molecule has 0 unspecified atom stereocenters. The van der Waals surface area contributed by atoms with Crippen LogP contribution in [0.3, 0.4) is 0 Å². The summed E-state index contributed by atoms with van der Waals surface area (Å²) in [7, 11) is 0. The maximum Gasteiger partial charge on any atom is 0.106 e. The van der Waals surface area contributed by atoms with Crippen molar-refractivity contribution in [2.24, 2.45) is 0 Å². The highest BCUT2D eigenvalue weighted by Crippen LogP contribution is 2.29. The quantitative estimate of drug-likeness (QED) is 0.472. The van der Waals surface area contributed by atoms with Gasteiger partial charge in [0.1, 0.15) is 5.52 Å². The van der Waals surface area contributed by atoms with E-state index in [1.807, 2.05) is 23.7 Å². The van der Waals surface area contributed by atoms with Crippen LogP contribution in [0.25, 0.3) is 10.2 Å². The van der Waals surface area contributed by atoms with Gasteiger partial charge in [-0.1, -0.05) is 6.08 Å². The molecular weight excluding hydrogens is 206 g/mol. The largest absolute Gasteiger partial charge is 0.395 e. The molecule has 0 spiro atoms. The maximum atomic E-state index is 6.00. The van der Waals surface area contributed by atoms with Crippen LogP contribution in [0.1, 0.15) is 6.42 Å². The molecule has 1 aromatic heterocycles. The van der Waals surface area contributed by atoms with Crippen molar-refractivity contribution in [2.75, 3.05) is 17.6 Å². The Balaban J connectivity index is 2.27. The van der Waals surface area contributed by atoms with Gasteiger partial charge in [-0.2, -0.15) is 0 Å². The standard InChI is InChI=1S/C11H13N3S/c1-2-3-6-13-8-4-5-9-11(10(8)12)14-7-15-9/h2,4-5,7,13H,1,3,6,12H2. The van der Waals surface area contributed by atoms with E-state index in [2.05, 4.69) is 16.9 Å². The summed E-state index contributed by atoms with van der Waals surface area (Å²) < 4.78 is 1.13. The van der Waals surface area contributed by atoms with Crippen molar-refractivity contribution in [3.8, 4) is 0 Å². The topological polar surface area (TPSA) is 50.9 Å². The lowest BCUT2D eigenvalue weighted by atomic mass is 10.2. The summed E-state index contributed by atoms with van der Waals surface area (Å²) in [6.07, 6.45) is 2.80. The van der Waals surface area contributed by atoms with Crippen LogP contribution in [0.15, 0.2) is 30.3 Å². The molecule has 1 heterocycles. The van der Waals surface area contributed by atoms with Gasteiger partial charge in [0.05, 0.1) is 21.6 Å². The molecule has 78 valence electrons. The molecule has 0 saturated carbocycles. The van der Waals surface area contributed by atoms with Crippen LogP contribution in [0, 0.1) is 0 Å². The molecule has 0 fully saturated rings. The second kappa shape index (κ2) is 4.31. The first kappa shape index (κ1) is 9.98. The predicted octanol–water partition coefficient (Wildman–Crippen LogP) is 2.87. The predicted molar refractivity (Wildman–Crippen MR) is 67.3 cm³/mol. The fraction of sp³-hybridized carbons (Fsp3) is 0.182. The highest BCUT2D eigenvalue weighted by molar-refractivity contribution is 7.16. The number of rotatable bonds is 4. The zero-order valence-electron chi connectivity index (χ0n) is 8.36. The van der Waals surface area contributed by atoms with Crippen molar-refractivity contribution in [1.82, 2.24) is 4.98 Å². The Bertz CT molecular complexity index is 476. The van der Waals surface area contributed by atoms with Crippen molar-refractivity contribution in [1.29, 1.82) is 0 Å². The molecule has 0 saturated heterocycles. The van der Waals surface area contributed by atoms with Gasteiger partial charge in [0.15, 0.2) is 0 Å². The first-order valence-corrected chi connectivity index (χ1v) is 5.67. The summed E-state index contributed by atoms with van der Waals surface area (Å²) in [6, 6.07) is 4.04. The number of hydrogen-bond donors (Lipinski definition) is 2. The van der Waals surface area contributed by atoms with E-state index in [0.29, 0.717) is 0 Å². The Hall–Kier alpha value is -1.55. The normalized spacial score (nSPS) is 10.4. The summed E-state index contributed by atoms with van der Waals surface area (Å²) in [5.41, 5.74) is 10.4. The van der Waals surface area contributed by atoms with E-state index in [9.17, 15) is 0 Å². The highest BCUT2D eigenvalue weighted by Gasteiger charge is 2.05.